The Balaban J connectivity index is 5.72. The first-order chi connectivity index (χ1) is 22.0. The summed E-state index contributed by atoms with van der Waals surface area (Å²) in [5, 5.41) is 41.0. The molecule has 0 unspecified atom stereocenters. The monoisotopic (exact) mass is 674 g/mol. The Kier molecular flexibility index (Phi) is 20.8. The Hall–Kier alpha value is -3.87. The van der Waals surface area contributed by atoms with Crippen molar-refractivity contribution in [3.05, 3.63) is 0 Å². The van der Waals surface area contributed by atoms with Gasteiger partial charge in [-0.05, 0) is 56.9 Å². The molecule has 6 atom stereocenters. The highest BCUT2D eigenvalue weighted by Gasteiger charge is 2.33. The van der Waals surface area contributed by atoms with Crippen molar-refractivity contribution in [1.82, 2.24) is 26.6 Å². The van der Waals surface area contributed by atoms with Crippen molar-refractivity contribution in [3.63, 3.8) is 0 Å². The summed E-state index contributed by atoms with van der Waals surface area (Å²) in [6.45, 7) is 5.59. The third-order valence-electron chi connectivity index (χ3n) is 6.91. The van der Waals surface area contributed by atoms with Gasteiger partial charge in [0.25, 0.3) is 0 Å². The number of aliphatic carboxylic acids is 1. The van der Waals surface area contributed by atoms with Crippen molar-refractivity contribution in [2.45, 2.75) is 109 Å². The second-order valence-corrected chi connectivity index (χ2v) is 12.2. The van der Waals surface area contributed by atoms with E-state index in [1.165, 1.54) is 0 Å². The van der Waals surface area contributed by atoms with Crippen LogP contribution in [0.5, 0.6) is 0 Å². The molecule has 0 radical (unpaired) electrons. The molecule has 0 heterocycles. The van der Waals surface area contributed by atoms with Crippen LogP contribution >= 0.6 is 0 Å². The predicted molar refractivity (Wildman–Crippen MR) is 170 cm³/mol. The maximum absolute atomic E-state index is 13.2. The number of primary amides is 1. The van der Waals surface area contributed by atoms with Crippen molar-refractivity contribution in [3.8, 4) is 0 Å². The Labute approximate surface area is 274 Å². The van der Waals surface area contributed by atoms with Crippen LogP contribution in [-0.2, 0) is 33.6 Å². The second-order valence-electron chi connectivity index (χ2n) is 12.2. The number of aliphatic hydroxyl groups is 2. The minimum Gasteiger partial charge on any atom is -0.480 e. The van der Waals surface area contributed by atoms with Gasteiger partial charge in [-0.1, -0.05) is 27.7 Å². The molecule has 0 aliphatic rings. The fourth-order valence-electron chi connectivity index (χ4n) is 4.34. The maximum Gasteiger partial charge on any atom is 0.326 e. The van der Waals surface area contributed by atoms with Crippen LogP contribution in [0.15, 0.2) is 0 Å². The molecule has 14 N–H and O–H groups in total. The van der Waals surface area contributed by atoms with Crippen LogP contribution in [0.2, 0.25) is 0 Å². The number of aliphatic hydroxyl groups excluding tert-OH is 2. The van der Waals surface area contributed by atoms with Crippen molar-refractivity contribution in [2.75, 3.05) is 19.8 Å². The van der Waals surface area contributed by atoms with Crippen LogP contribution in [0.4, 0.5) is 0 Å². The van der Waals surface area contributed by atoms with Crippen LogP contribution in [0.1, 0.15) is 72.6 Å². The molecule has 0 saturated carbocycles. The maximum atomic E-state index is 13.2. The zero-order chi connectivity index (χ0) is 36.3. The van der Waals surface area contributed by atoms with Crippen molar-refractivity contribution >= 4 is 41.4 Å². The van der Waals surface area contributed by atoms with Crippen molar-refractivity contribution < 1.29 is 48.9 Å². The summed E-state index contributed by atoms with van der Waals surface area (Å²) in [5.41, 5.74) is 16.4. The Morgan fingerprint density at radius 3 is 1.43 bits per heavy atom. The zero-order valence-electron chi connectivity index (χ0n) is 27.6. The topological polar surface area (TPSA) is 318 Å². The summed E-state index contributed by atoms with van der Waals surface area (Å²) in [6.07, 6.45) is 0.993. The Bertz CT molecular complexity index is 1060. The van der Waals surface area contributed by atoms with Gasteiger partial charge in [0.2, 0.25) is 35.4 Å². The van der Waals surface area contributed by atoms with E-state index in [2.05, 4.69) is 26.6 Å². The molecule has 0 saturated heterocycles. The highest BCUT2D eigenvalue weighted by atomic mass is 16.4. The average molecular weight is 675 g/mol. The first-order valence-electron chi connectivity index (χ1n) is 15.7. The number of hydrogen-bond donors (Lipinski definition) is 11. The van der Waals surface area contributed by atoms with Gasteiger partial charge in [0.05, 0.1) is 19.3 Å². The lowest BCUT2D eigenvalue weighted by Gasteiger charge is -2.27. The predicted octanol–water partition coefficient (Wildman–Crippen LogP) is -3.71. The SMILES string of the molecule is CC(C)C[C@H](NC(=O)[C@H](CO)NC(=O)[C@H](CC(C)C)NC(=O)[C@H](CO)NC(=O)[C@H](CCCCN)NC(=O)[C@@H](N)CCC(N)=O)C(=O)O. The standard InChI is InChI=1S/C29H54N8O10/c1-15(2)11-19(26(43)37-22(14-39)28(45)35-20(29(46)47)12-16(3)4)34-27(44)21(13-38)36-25(42)18(7-5-6-10-30)33-24(41)17(31)8-9-23(32)40/h15-22,38-39H,5-14,30-31H2,1-4H3,(H2,32,40)(H,33,41)(H,34,44)(H,35,45)(H,36,42)(H,37,43)(H,46,47)/t17-,18-,19-,20-,21-,22-/m0/s1. The molecule has 0 aromatic rings. The number of amides is 6. The van der Waals surface area contributed by atoms with Gasteiger partial charge in [0.1, 0.15) is 30.2 Å². The van der Waals surface area contributed by atoms with Gasteiger partial charge < -0.3 is 59.1 Å². The third-order valence-corrected chi connectivity index (χ3v) is 6.91. The van der Waals surface area contributed by atoms with Crippen molar-refractivity contribution in [1.29, 1.82) is 0 Å². The van der Waals surface area contributed by atoms with E-state index >= 15 is 0 Å². The van der Waals surface area contributed by atoms with Crippen LogP contribution in [0, 0.1) is 11.8 Å². The average Bonchev–Trinajstić information content (AvgIpc) is 2.98. The fourth-order valence-corrected chi connectivity index (χ4v) is 4.34. The second kappa shape index (κ2) is 22.6. The van der Waals surface area contributed by atoms with E-state index in [-0.39, 0.29) is 43.9 Å². The molecule has 0 aromatic heterocycles. The number of unbranched alkanes of at least 4 members (excludes halogenated alkanes) is 1. The molecular weight excluding hydrogens is 620 g/mol. The molecule has 0 aliphatic heterocycles. The first kappa shape index (κ1) is 43.1. The summed E-state index contributed by atoms with van der Waals surface area (Å²) in [4.78, 5) is 87.3. The summed E-state index contributed by atoms with van der Waals surface area (Å²) in [6, 6.07) is -7.97. The van der Waals surface area contributed by atoms with E-state index < -0.39 is 90.9 Å². The summed E-state index contributed by atoms with van der Waals surface area (Å²) in [5.74, 6) is -6.54. The van der Waals surface area contributed by atoms with Gasteiger partial charge in [-0.3, -0.25) is 28.8 Å². The fraction of sp³-hybridized carbons (Fsp3) is 0.759. The van der Waals surface area contributed by atoms with Crippen molar-refractivity contribution in [2.24, 2.45) is 29.0 Å². The first-order valence-corrected chi connectivity index (χ1v) is 15.7. The Morgan fingerprint density at radius 2 is 1.00 bits per heavy atom. The number of carboxylic acids is 1. The molecular formula is C29H54N8O10. The number of nitrogens with two attached hydrogens (primary N) is 3. The highest BCUT2D eigenvalue weighted by Crippen LogP contribution is 2.09. The molecule has 270 valence electrons. The van der Waals surface area contributed by atoms with Gasteiger partial charge >= 0.3 is 5.97 Å². The number of carboxylic acid groups (broad SMARTS) is 1. The summed E-state index contributed by atoms with van der Waals surface area (Å²) >= 11 is 0. The largest absolute Gasteiger partial charge is 0.480 e. The molecule has 0 spiro atoms. The molecule has 6 amide bonds. The molecule has 0 fully saturated rings. The van der Waals surface area contributed by atoms with Gasteiger partial charge in [0, 0.05) is 6.42 Å². The third kappa shape index (κ3) is 17.6. The van der Waals surface area contributed by atoms with E-state index in [4.69, 9.17) is 17.2 Å². The lowest BCUT2D eigenvalue weighted by Crippen LogP contribution is -2.60. The van der Waals surface area contributed by atoms with E-state index in [9.17, 15) is 48.9 Å². The number of carbonyl (C=O) groups is 7. The van der Waals surface area contributed by atoms with E-state index in [1.54, 1.807) is 27.7 Å². The van der Waals surface area contributed by atoms with E-state index in [0.717, 1.165) is 0 Å². The summed E-state index contributed by atoms with van der Waals surface area (Å²) < 4.78 is 0. The molecule has 0 bridgehead atoms. The normalized spacial score (nSPS) is 15.0. The number of carbonyl (C=O) groups excluding carboxylic acids is 6. The smallest absolute Gasteiger partial charge is 0.326 e. The molecule has 0 rings (SSSR count). The molecule has 0 aliphatic carbocycles. The number of hydrogen-bond acceptors (Lipinski definition) is 11. The quantitative estimate of drug-likeness (QED) is 0.0441. The molecule has 47 heavy (non-hydrogen) atoms. The van der Waals surface area contributed by atoms with Crippen LogP contribution in [-0.4, -0.2) is 113 Å². The van der Waals surface area contributed by atoms with Gasteiger partial charge in [0.15, 0.2) is 0 Å². The minimum atomic E-state index is -1.56. The van der Waals surface area contributed by atoms with Crippen LogP contribution < -0.4 is 43.8 Å². The lowest BCUT2D eigenvalue weighted by atomic mass is 10.0. The number of rotatable bonds is 24. The minimum absolute atomic E-state index is 0.0511. The number of nitrogens with one attached hydrogen (secondary N) is 5. The zero-order valence-corrected chi connectivity index (χ0v) is 27.6. The summed E-state index contributed by atoms with van der Waals surface area (Å²) in [7, 11) is 0. The van der Waals surface area contributed by atoms with Crippen LogP contribution in [0.25, 0.3) is 0 Å². The molecule has 18 heteroatoms. The lowest BCUT2D eigenvalue weighted by molar-refractivity contribution is -0.143. The highest BCUT2D eigenvalue weighted by molar-refractivity contribution is 5.96. The van der Waals surface area contributed by atoms with E-state index in [1.807, 2.05) is 0 Å². The van der Waals surface area contributed by atoms with Gasteiger partial charge in [-0.15, -0.1) is 0 Å². The van der Waals surface area contributed by atoms with Gasteiger partial charge in [-0.2, -0.15) is 0 Å². The molecule has 0 aromatic carbocycles. The van der Waals surface area contributed by atoms with Gasteiger partial charge in [-0.25, -0.2) is 4.79 Å². The molecule has 18 nitrogen and oxygen atoms in total. The van der Waals surface area contributed by atoms with Crippen LogP contribution in [0.3, 0.4) is 0 Å². The van der Waals surface area contributed by atoms with E-state index in [0.29, 0.717) is 19.4 Å². The Morgan fingerprint density at radius 1 is 0.596 bits per heavy atom.